The molecule has 1 heterocycles. The molecule has 1 aromatic heterocycles. The minimum atomic E-state index is 0.881. The predicted octanol–water partition coefficient (Wildman–Crippen LogP) is 12.7. The summed E-state index contributed by atoms with van der Waals surface area (Å²) in [6.07, 6.45) is 9.31. The van der Waals surface area contributed by atoms with Crippen molar-refractivity contribution in [3.8, 4) is 22.3 Å². The van der Waals surface area contributed by atoms with Gasteiger partial charge in [0, 0.05) is 33.4 Å². The second kappa shape index (κ2) is 11.3. The van der Waals surface area contributed by atoms with Crippen LogP contribution < -0.4 is 4.90 Å². The van der Waals surface area contributed by atoms with Gasteiger partial charge in [-0.3, -0.25) is 0 Å². The number of rotatable bonds is 5. The molecule has 0 unspecified atom stereocenters. The van der Waals surface area contributed by atoms with Crippen molar-refractivity contribution < 1.29 is 4.42 Å². The normalized spacial score (nSPS) is 12.4. The molecule has 2 nitrogen and oxygen atoms in total. The molecule has 0 bridgehead atoms. The summed E-state index contributed by atoms with van der Waals surface area (Å²) in [5, 5.41) is 6.00. The minimum Gasteiger partial charge on any atom is -0.456 e. The number of para-hydroxylation sites is 1. The van der Waals surface area contributed by atoms with Crippen molar-refractivity contribution in [2.24, 2.45) is 0 Å². The lowest BCUT2D eigenvalue weighted by Crippen LogP contribution is -2.09. The Hall–Kier alpha value is -6.12. The second-order valence-electron chi connectivity index (χ2n) is 12.1. The van der Waals surface area contributed by atoms with Crippen LogP contribution in [0, 0.1) is 0 Å². The zero-order valence-corrected chi connectivity index (χ0v) is 25.8. The van der Waals surface area contributed by atoms with Gasteiger partial charge in [-0.1, -0.05) is 127 Å². The highest BCUT2D eigenvalue weighted by Gasteiger charge is 2.17. The summed E-state index contributed by atoms with van der Waals surface area (Å²) in [5.74, 6) is 0.961. The molecule has 9 rings (SSSR count). The van der Waals surface area contributed by atoms with E-state index in [1.165, 1.54) is 54.7 Å². The van der Waals surface area contributed by atoms with E-state index in [1.807, 2.05) is 0 Å². The molecule has 0 amide bonds. The lowest BCUT2D eigenvalue weighted by molar-refractivity contribution is 0.603. The van der Waals surface area contributed by atoms with Crippen LogP contribution in [0.4, 0.5) is 17.1 Å². The number of hydrogen-bond acceptors (Lipinski definition) is 2. The van der Waals surface area contributed by atoms with Crippen molar-refractivity contribution in [3.63, 3.8) is 0 Å². The molecule has 1 aliphatic carbocycles. The number of fused-ring (bicyclic) bond motifs is 7. The Kier molecular flexibility index (Phi) is 6.57. The van der Waals surface area contributed by atoms with Gasteiger partial charge >= 0.3 is 0 Å². The maximum absolute atomic E-state index is 6.51. The summed E-state index contributed by atoms with van der Waals surface area (Å²) in [4.78, 5) is 2.31. The van der Waals surface area contributed by atoms with Gasteiger partial charge in [-0.05, 0) is 93.4 Å². The number of hydrogen-bond donors (Lipinski definition) is 0. The average molecular weight is 602 g/mol. The van der Waals surface area contributed by atoms with E-state index in [0.717, 1.165) is 34.8 Å². The maximum Gasteiger partial charge on any atom is 0.143 e. The van der Waals surface area contributed by atoms with Crippen molar-refractivity contribution in [1.29, 1.82) is 0 Å². The van der Waals surface area contributed by atoms with Crippen LogP contribution in [0.3, 0.4) is 0 Å². The topological polar surface area (TPSA) is 16.4 Å². The van der Waals surface area contributed by atoms with Gasteiger partial charge in [0.1, 0.15) is 11.3 Å². The zero-order valence-electron chi connectivity index (χ0n) is 25.8. The van der Waals surface area contributed by atoms with E-state index in [9.17, 15) is 0 Å². The standard InChI is InChI=1S/C45H31NO/c1-4-10-31(11-5-1)32-18-24-38(25-19-32)46(37-12-6-2-7-13-37)39-26-20-33(21-27-39)35-23-28-40-36(30-35)17-16-34-22-29-42-41-14-8-3-9-15-43(41)47-45(42)44(34)40/h1-13,15-30H,14H2. The average Bonchev–Trinajstić information content (AvgIpc) is 3.33. The van der Waals surface area contributed by atoms with Gasteiger partial charge in [0.05, 0.1) is 0 Å². The maximum atomic E-state index is 6.51. The van der Waals surface area contributed by atoms with Gasteiger partial charge in [0.25, 0.3) is 0 Å². The molecular formula is C45H31NO. The third-order valence-electron chi connectivity index (χ3n) is 9.31. The van der Waals surface area contributed by atoms with Gasteiger partial charge in [-0.2, -0.15) is 0 Å². The van der Waals surface area contributed by atoms with Crippen molar-refractivity contribution in [2.75, 3.05) is 4.90 Å². The molecule has 0 saturated heterocycles. The monoisotopic (exact) mass is 601 g/mol. The first-order chi connectivity index (χ1) is 23.3. The zero-order chi connectivity index (χ0) is 31.2. The van der Waals surface area contributed by atoms with Gasteiger partial charge in [0.2, 0.25) is 0 Å². The van der Waals surface area contributed by atoms with Crippen molar-refractivity contribution in [3.05, 3.63) is 181 Å². The smallest absolute Gasteiger partial charge is 0.143 e. The van der Waals surface area contributed by atoms with E-state index in [2.05, 4.69) is 181 Å². The lowest BCUT2D eigenvalue weighted by atomic mass is 9.95. The Labute approximate surface area is 274 Å². The SMILES string of the molecule is C1=CCc2c(oc3c2ccc2ccc4cc(-c5ccc(N(c6ccccc6)c6ccc(-c7ccccc7)cc6)cc5)ccc4c23)C=C1. The van der Waals surface area contributed by atoms with Crippen LogP contribution in [0.5, 0.6) is 0 Å². The third-order valence-corrected chi connectivity index (χ3v) is 9.31. The predicted molar refractivity (Wildman–Crippen MR) is 199 cm³/mol. The Morgan fingerprint density at radius 3 is 1.79 bits per heavy atom. The Morgan fingerprint density at radius 1 is 0.468 bits per heavy atom. The third kappa shape index (κ3) is 4.83. The van der Waals surface area contributed by atoms with Crippen LogP contribution in [-0.2, 0) is 6.42 Å². The molecule has 222 valence electrons. The number of nitrogens with zero attached hydrogens (tertiary/aromatic N) is 1. The molecule has 47 heavy (non-hydrogen) atoms. The van der Waals surface area contributed by atoms with Crippen LogP contribution in [-0.4, -0.2) is 0 Å². The molecule has 0 saturated carbocycles. The van der Waals surface area contributed by atoms with Gasteiger partial charge in [-0.15, -0.1) is 0 Å². The van der Waals surface area contributed by atoms with E-state index in [0.29, 0.717) is 0 Å². The lowest BCUT2D eigenvalue weighted by Gasteiger charge is -2.26. The second-order valence-corrected chi connectivity index (χ2v) is 12.1. The van der Waals surface area contributed by atoms with Crippen molar-refractivity contribution >= 4 is 55.7 Å². The summed E-state index contributed by atoms with van der Waals surface area (Å²) in [7, 11) is 0. The van der Waals surface area contributed by atoms with E-state index in [1.54, 1.807) is 0 Å². The molecule has 0 N–H and O–H groups in total. The van der Waals surface area contributed by atoms with E-state index < -0.39 is 0 Å². The first-order valence-corrected chi connectivity index (χ1v) is 16.2. The molecule has 0 aliphatic heterocycles. The highest BCUT2D eigenvalue weighted by molar-refractivity contribution is 6.19. The van der Waals surface area contributed by atoms with E-state index in [4.69, 9.17) is 4.42 Å². The molecule has 0 radical (unpaired) electrons. The molecule has 0 atom stereocenters. The first kappa shape index (κ1) is 27.2. The number of furan rings is 1. The molecule has 0 spiro atoms. The molecule has 0 fully saturated rings. The summed E-state index contributed by atoms with van der Waals surface area (Å²) in [6.45, 7) is 0. The molecular weight excluding hydrogens is 571 g/mol. The number of anilines is 3. The molecule has 2 heteroatoms. The van der Waals surface area contributed by atoms with Gasteiger partial charge in [0.15, 0.2) is 0 Å². The highest BCUT2D eigenvalue weighted by Crippen LogP contribution is 2.40. The molecule has 7 aromatic carbocycles. The Bertz CT molecular complexity index is 2450. The van der Waals surface area contributed by atoms with Crippen LogP contribution in [0.1, 0.15) is 11.3 Å². The summed E-state index contributed by atoms with van der Waals surface area (Å²) in [5.41, 5.74) is 10.4. The summed E-state index contributed by atoms with van der Waals surface area (Å²) >= 11 is 0. The largest absolute Gasteiger partial charge is 0.456 e. The van der Waals surface area contributed by atoms with Crippen molar-refractivity contribution in [1.82, 2.24) is 0 Å². The fourth-order valence-corrected chi connectivity index (χ4v) is 6.96. The molecule has 8 aromatic rings. The fraction of sp³-hybridized carbons (Fsp3) is 0.0222. The summed E-state index contributed by atoms with van der Waals surface area (Å²) < 4.78 is 6.51. The van der Waals surface area contributed by atoms with E-state index >= 15 is 0 Å². The Balaban J connectivity index is 1.09. The fourth-order valence-electron chi connectivity index (χ4n) is 6.96. The quantitative estimate of drug-likeness (QED) is 0.183. The van der Waals surface area contributed by atoms with E-state index in [-0.39, 0.29) is 0 Å². The minimum absolute atomic E-state index is 0.881. The number of allylic oxidation sites excluding steroid dienone is 3. The molecule has 1 aliphatic rings. The van der Waals surface area contributed by atoms with Gasteiger partial charge in [-0.25, -0.2) is 0 Å². The van der Waals surface area contributed by atoms with Gasteiger partial charge < -0.3 is 9.32 Å². The highest BCUT2D eigenvalue weighted by atomic mass is 16.3. The summed E-state index contributed by atoms with van der Waals surface area (Å²) in [6, 6.07) is 54.5. The van der Waals surface area contributed by atoms with Crippen LogP contribution in [0.15, 0.2) is 174 Å². The van der Waals surface area contributed by atoms with Crippen LogP contribution in [0.2, 0.25) is 0 Å². The first-order valence-electron chi connectivity index (χ1n) is 16.2. The number of benzene rings is 7. The Morgan fingerprint density at radius 2 is 1.04 bits per heavy atom. The van der Waals surface area contributed by atoms with Crippen LogP contribution >= 0.6 is 0 Å². The van der Waals surface area contributed by atoms with Crippen LogP contribution in [0.25, 0.3) is 60.8 Å². The van der Waals surface area contributed by atoms with Crippen molar-refractivity contribution in [2.45, 2.75) is 6.42 Å².